The highest BCUT2D eigenvalue weighted by Crippen LogP contribution is 2.26. The molecule has 168 valence electrons. The summed E-state index contributed by atoms with van der Waals surface area (Å²) in [6, 6.07) is 17.3. The lowest BCUT2D eigenvalue weighted by Gasteiger charge is -2.33. The summed E-state index contributed by atoms with van der Waals surface area (Å²) in [4.78, 5) is 18.7. The Hall–Kier alpha value is -3.20. The SMILES string of the molecule is O=C(c1ccc(-c2ccncc2)o1)N1CCN(S(=O)(=O)c2ccc3cc(Cl)ccc3c2)CC1. The van der Waals surface area contributed by atoms with Gasteiger partial charge in [-0.1, -0.05) is 23.7 Å². The predicted octanol–water partition coefficient (Wildman–Crippen LogP) is 4.29. The Bertz CT molecular complexity index is 1430. The maximum atomic E-state index is 13.2. The number of piperazine rings is 1. The van der Waals surface area contributed by atoms with Gasteiger partial charge >= 0.3 is 0 Å². The van der Waals surface area contributed by atoms with Crippen molar-refractivity contribution in [1.82, 2.24) is 14.2 Å². The molecule has 33 heavy (non-hydrogen) atoms. The second kappa shape index (κ2) is 8.62. The molecule has 0 aliphatic carbocycles. The van der Waals surface area contributed by atoms with Gasteiger partial charge in [-0.25, -0.2) is 8.42 Å². The normalized spacial score (nSPS) is 15.1. The molecule has 1 fully saturated rings. The number of furan rings is 1. The van der Waals surface area contributed by atoms with Gasteiger partial charge in [-0.3, -0.25) is 9.78 Å². The summed E-state index contributed by atoms with van der Waals surface area (Å²) in [6.07, 6.45) is 3.31. The lowest BCUT2D eigenvalue weighted by atomic mass is 10.1. The Morgan fingerprint density at radius 2 is 1.58 bits per heavy atom. The van der Waals surface area contributed by atoms with Crippen molar-refractivity contribution in [3.05, 3.63) is 83.8 Å². The van der Waals surface area contributed by atoms with Crippen molar-refractivity contribution < 1.29 is 17.6 Å². The molecular weight excluding hydrogens is 462 g/mol. The third-order valence-corrected chi connectivity index (χ3v) is 7.85. The van der Waals surface area contributed by atoms with E-state index in [0.29, 0.717) is 10.8 Å². The fourth-order valence-electron chi connectivity index (χ4n) is 3.92. The van der Waals surface area contributed by atoms with Crippen molar-refractivity contribution in [2.24, 2.45) is 0 Å². The van der Waals surface area contributed by atoms with E-state index in [-0.39, 0.29) is 42.7 Å². The predicted molar refractivity (Wildman–Crippen MR) is 126 cm³/mol. The van der Waals surface area contributed by atoms with E-state index in [1.807, 2.05) is 0 Å². The zero-order valence-electron chi connectivity index (χ0n) is 17.5. The molecule has 0 unspecified atom stereocenters. The molecule has 0 atom stereocenters. The van der Waals surface area contributed by atoms with Gasteiger partial charge in [0.2, 0.25) is 10.0 Å². The quantitative estimate of drug-likeness (QED) is 0.434. The lowest BCUT2D eigenvalue weighted by Crippen LogP contribution is -2.50. The molecule has 4 aromatic rings. The summed E-state index contributed by atoms with van der Waals surface area (Å²) in [5.41, 5.74) is 0.831. The third-order valence-electron chi connectivity index (χ3n) is 5.72. The smallest absolute Gasteiger partial charge is 0.289 e. The molecule has 3 heterocycles. The highest BCUT2D eigenvalue weighted by Gasteiger charge is 2.31. The average Bonchev–Trinajstić information content (AvgIpc) is 3.34. The summed E-state index contributed by atoms with van der Waals surface area (Å²) in [6.45, 7) is 0.994. The van der Waals surface area contributed by atoms with Crippen LogP contribution in [-0.2, 0) is 10.0 Å². The van der Waals surface area contributed by atoms with E-state index in [1.54, 1.807) is 78.0 Å². The highest BCUT2D eigenvalue weighted by molar-refractivity contribution is 7.89. The number of aromatic nitrogens is 1. The van der Waals surface area contributed by atoms with E-state index in [9.17, 15) is 13.2 Å². The van der Waals surface area contributed by atoms with Gasteiger partial charge < -0.3 is 9.32 Å². The van der Waals surface area contributed by atoms with Crippen LogP contribution in [0.25, 0.3) is 22.1 Å². The Kier molecular flexibility index (Phi) is 5.65. The molecule has 1 amide bonds. The fraction of sp³-hybridized carbons (Fsp3) is 0.167. The molecule has 0 N–H and O–H groups in total. The van der Waals surface area contributed by atoms with Gasteiger partial charge in [-0.2, -0.15) is 4.31 Å². The van der Waals surface area contributed by atoms with Crippen molar-refractivity contribution >= 4 is 38.3 Å². The number of rotatable bonds is 4. The number of amides is 1. The zero-order valence-corrected chi connectivity index (χ0v) is 19.1. The molecule has 2 aromatic carbocycles. The molecule has 1 aliphatic heterocycles. The van der Waals surface area contributed by atoms with Gasteiger partial charge in [0.05, 0.1) is 4.90 Å². The monoisotopic (exact) mass is 481 g/mol. The van der Waals surface area contributed by atoms with Crippen LogP contribution in [0, 0.1) is 0 Å². The van der Waals surface area contributed by atoms with E-state index >= 15 is 0 Å². The number of nitrogens with zero attached hydrogens (tertiary/aromatic N) is 3. The van der Waals surface area contributed by atoms with E-state index in [1.165, 1.54) is 4.31 Å². The molecule has 0 bridgehead atoms. The minimum absolute atomic E-state index is 0.213. The Labute approximate surface area is 196 Å². The summed E-state index contributed by atoms with van der Waals surface area (Å²) in [7, 11) is -3.68. The second-order valence-corrected chi connectivity index (χ2v) is 10.1. The van der Waals surface area contributed by atoms with Gasteiger partial charge in [-0.15, -0.1) is 0 Å². The molecule has 0 saturated carbocycles. The minimum atomic E-state index is -3.68. The first kappa shape index (κ1) is 21.6. The standard InChI is InChI=1S/C24H20ClN3O4S/c25-20-3-1-19-16-21(4-2-18(19)15-20)33(30,31)28-13-11-27(12-14-28)24(29)23-6-5-22(32-23)17-7-9-26-10-8-17/h1-10,15-16H,11-14H2. The van der Waals surface area contributed by atoms with Crippen LogP contribution in [-0.4, -0.2) is 54.7 Å². The van der Waals surface area contributed by atoms with Crippen molar-refractivity contribution in [3.63, 3.8) is 0 Å². The summed E-state index contributed by atoms with van der Waals surface area (Å²) in [5, 5.41) is 2.28. The molecular formula is C24H20ClN3O4S. The van der Waals surface area contributed by atoms with Crippen LogP contribution >= 0.6 is 11.6 Å². The number of halogens is 1. The Balaban J connectivity index is 1.28. The molecule has 0 spiro atoms. The number of sulfonamides is 1. The van der Waals surface area contributed by atoms with Gasteiger partial charge in [-0.05, 0) is 59.3 Å². The van der Waals surface area contributed by atoms with E-state index in [4.69, 9.17) is 16.0 Å². The van der Waals surface area contributed by atoms with Gasteiger partial charge in [0, 0.05) is 49.2 Å². The van der Waals surface area contributed by atoms with Crippen LogP contribution in [0.1, 0.15) is 10.6 Å². The van der Waals surface area contributed by atoms with Crippen molar-refractivity contribution in [2.45, 2.75) is 4.90 Å². The number of benzene rings is 2. The van der Waals surface area contributed by atoms with Crippen LogP contribution in [0.5, 0.6) is 0 Å². The summed E-state index contributed by atoms with van der Waals surface area (Å²) in [5.74, 6) is 0.556. The van der Waals surface area contributed by atoms with Crippen LogP contribution in [0.15, 0.2) is 82.4 Å². The Morgan fingerprint density at radius 3 is 2.33 bits per heavy atom. The van der Waals surface area contributed by atoms with Crippen molar-refractivity contribution in [1.29, 1.82) is 0 Å². The Morgan fingerprint density at radius 1 is 0.879 bits per heavy atom. The summed E-state index contributed by atoms with van der Waals surface area (Å²) < 4.78 is 33.5. The number of hydrogen-bond donors (Lipinski definition) is 0. The fourth-order valence-corrected chi connectivity index (χ4v) is 5.55. The number of carbonyl (C=O) groups excluding carboxylic acids is 1. The van der Waals surface area contributed by atoms with Crippen LogP contribution < -0.4 is 0 Å². The van der Waals surface area contributed by atoms with Gasteiger partial charge in [0.1, 0.15) is 5.76 Å². The molecule has 2 aromatic heterocycles. The third kappa shape index (κ3) is 4.25. The first-order valence-electron chi connectivity index (χ1n) is 10.4. The lowest BCUT2D eigenvalue weighted by molar-refractivity contribution is 0.0667. The second-order valence-electron chi connectivity index (χ2n) is 7.75. The maximum Gasteiger partial charge on any atom is 0.289 e. The van der Waals surface area contributed by atoms with Gasteiger partial charge in [0.25, 0.3) is 5.91 Å². The van der Waals surface area contributed by atoms with E-state index in [2.05, 4.69) is 4.98 Å². The average molecular weight is 482 g/mol. The first-order chi connectivity index (χ1) is 15.9. The maximum absolute atomic E-state index is 13.2. The molecule has 1 aliphatic rings. The number of hydrogen-bond acceptors (Lipinski definition) is 5. The molecule has 1 saturated heterocycles. The van der Waals surface area contributed by atoms with Crippen LogP contribution in [0.2, 0.25) is 5.02 Å². The number of fused-ring (bicyclic) bond motifs is 1. The first-order valence-corrected chi connectivity index (χ1v) is 12.2. The van der Waals surface area contributed by atoms with Crippen LogP contribution in [0.3, 0.4) is 0 Å². The number of pyridine rings is 1. The van der Waals surface area contributed by atoms with E-state index in [0.717, 1.165) is 16.3 Å². The summed E-state index contributed by atoms with van der Waals surface area (Å²) >= 11 is 6.02. The highest BCUT2D eigenvalue weighted by atomic mass is 35.5. The van der Waals surface area contributed by atoms with Gasteiger partial charge in [0.15, 0.2) is 5.76 Å². The van der Waals surface area contributed by atoms with Crippen molar-refractivity contribution in [3.8, 4) is 11.3 Å². The van der Waals surface area contributed by atoms with Crippen LogP contribution in [0.4, 0.5) is 0 Å². The van der Waals surface area contributed by atoms with E-state index < -0.39 is 10.0 Å². The molecule has 5 rings (SSSR count). The molecule has 7 nitrogen and oxygen atoms in total. The molecule has 0 radical (unpaired) electrons. The minimum Gasteiger partial charge on any atom is -0.451 e. The zero-order chi connectivity index (χ0) is 23.0. The van der Waals surface area contributed by atoms with Crippen molar-refractivity contribution in [2.75, 3.05) is 26.2 Å². The molecule has 9 heteroatoms. The number of carbonyl (C=O) groups is 1. The topological polar surface area (TPSA) is 83.7 Å². The largest absolute Gasteiger partial charge is 0.451 e.